The first kappa shape index (κ1) is 15.6. The number of carbonyl (C=O) groups is 2. The molecule has 0 radical (unpaired) electrons. The maximum absolute atomic E-state index is 12.1. The van der Waals surface area contributed by atoms with Gasteiger partial charge in [0.2, 0.25) is 11.8 Å². The number of carbonyl (C=O) groups excluding carboxylic acids is 2. The summed E-state index contributed by atoms with van der Waals surface area (Å²) in [6.07, 6.45) is 0.834. The van der Waals surface area contributed by atoms with Crippen LogP contribution < -0.4 is 10.6 Å². The molecule has 1 fully saturated rings. The number of rotatable bonds is 3. The normalized spacial score (nSPS) is 17.7. The van der Waals surface area contributed by atoms with Crippen LogP contribution in [-0.2, 0) is 9.59 Å². The smallest absolute Gasteiger partial charge is 0.234 e. The van der Waals surface area contributed by atoms with Gasteiger partial charge in [0.15, 0.2) is 0 Å². The molecule has 2 aromatic carbocycles. The summed E-state index contributed by atoms with van der Waals surface area (Å²) < 4.78 is 0. The van der Waals surface area contributed by atoms with E-state index in [0.29, 0.717) is 17.9 Å². The molecule has 5 heteroatoms. The molecule has 1 atom stereocenters. The zero-order valence-electron chi connectivity index (χ0n) is 12.7. The van der Waals surface area contributed by atoms with Crippen LogP contribution in [0, 0.1) is 0 Å². The van der Waals surface area contributed by atoms with E-state index in [2.05, 4.69) is 10.6 Å². The third-order valence-electron chi connectivity index (χ3n) is 4.13. The van der Waals surface area contributed by atoms with E-state index >= 15 is 0 Å². The van der Waals surface area contributed by atoms with E-state index in [1.165, 1.54) is 0 Å². The Hall–Kier alpha value is -2.33. The van der Waals surface area contributed by atoms with Crippen LogP contribution in [0.2, 0.25) is 5.02 Å². The fourth-order valence-electron chi connectivity index (χ4n) is 2.85. The highest BCUT2D eigenvalue weighted by Crippen LogP contribution is 2.37. The Kier molecular flexibility index (Phi) is 4.35. The van der Waals surface area contributed by atoms with Crippen LogP contribution in [0.3, 0.4) is 0 Å². The number of hydrogen-bond acceptors (Lipinski definition) is 3. The fourth-order valence-corrected chi connectivity index (χ4v) is 3.22. The van der Waals surface area contributed by atoms with Crippen molar-refractivity contribution < 1.29 is 9.59 Å². The van der Waals surface area contributed by atoms with Crippen LogP contribution in [0.15, 0.2) is 42.5 Å². The highest BCUT2D eigenvalue weighted by atomic mass is 35.5. The SMILES string of the molecule is CNc1ccc(-c2cccc(C3CCC(=O)NC3=O)c2Cl)cc1. The third-order valence-corrected chi connectivity index (χ3v) is 4.55. The van der Waals surface area contributed by atoms with Crippen molar-refractivity contribution in [2.75, 3.05) is 12.4 Å². The van der Waals surface area contributed by atoms with Gasteiger partial charge in [-0.15, -0.1) is 0 Å². The van der Waals surface area contributed by atoms with E-state index in [1.54, 1.807) is 0 Å². The first-order valence-electron chi connectivity index (χ1n) is 7.50. The van der Waals surface area contributed by atoms with E-state index in [4.69, 9.17) is 11.6 Å². The molecule has 0 saturated carbocycles. The van der Waals surface area contributed by atoms with Crippen LogP contribution >= 0.6 is 11.6 Å². The van der Waals surface area contributed by atoms with Crippen LogP contribution in [0.5, 0.6) is 0 Å². The van der Waals surface area contributed by atoms with Crippen LogP contribution in [0.4, 0.5) is 5.69 Å². The Morgan fingerprint density at radius 1 is 1.13 bits per heavy atom. The van der Waals surface area contributed by atoms with E-state index < -0.39 is 0 Å². The van der Waals surface area contributed by atoms with Gasteiger partial charge in [0.05, 0.1) is 10.9 Å². The average molecular weight is 329 g/mol. The molecule has 2 aromatic rings. The number of halogens is 1. The Morgan fingerprint density at radius 3 is 2.52 bits per heavy atom. The summed E-state index contributed by atoms with van der Waals surface area (Å²) in [5.41, 5.74) is 3.66. The molecular formula is C18H17ClN2O2. The molecule has 3 rings (SSSR count). The van der Waals surface area contributed by atoms with Crippen LogP contribution in [0.25, 0.3) is 11.1 Å². The van der Waals surface area contributed by atoms with E-state index in [1.807, 2.05) is 49.5 Å². The van der Waals surface area contributed by atoms with Crippen molar-refractivity contribution in [3.63, 3.8) is 0 Å². The summed E-state index contributed by atoms with van der Waals surface area (Å²) in [4.78, 5) is 23.4. The summed E-state index contributed by atoms with van der Waals surface area (Å²) in [5, 5.41) is 6.03. The number of amides is 2. The second-order valence-corrected chi connectivity index (χ2v) is 5.92. The minimum Gasteiger partial charge on any atom is -0.388 e. The number of hydrogen-bond donors (Lipinski definition) is 2. The minimum atomic E-state index is -0.378. The van der Waals surface area contributed by atoms with Crippen molar-refractivity contribution in [3.8, 4) is 11.1 Å². The molecule has 1 heterocycles. The largest absolute Gasteiger partial charge is 0.388 e. The quantitative estimate of drug-likeness (QED) is 0.847. The number of nitrogens with one attached hydrogen (secondary N) is 2. The number of imide groups is 1. The Labute approximate surface area is 139 Å². The molecule has 4 nitrogen and oxygen atoms in total. The molecule has 0 aromatic heterocycles. The minimum absolute atomic E-state index is 0.221. The van der Waals surface area contributed by atoms with Crippen molar-refractivity contribution in [2.45, 2.75) is 18.8 Å². The first-order valence-corrected chi connectivity index (χ1v) is 7.88. The van der Waals surface area contributed by atoms with Crippen molar-refractivity contribution in [1.82, 2.24) is 5.32 Å². The summed E-state index contributed by atoms with van der Waals surface area (Å²) in [6.45, 7) is 0. The highest BCUT2D eigenvalue weighted by molar-refractivity contribution is 6.34. The van der Waals surface area contributed by atoms with Gasteiger partial charge >= 0.3 is 0 Å². The van der Waals surface area contributed by atoms with Gasteiger partial charge in [-0.05, 0) is 29.7 Å². The topological polar surface area (TPSA) is 58.2 Å². The zero-order valence-corrected chi connectivity index (χ0v) is 13.5. The molecule has 0 spiro atoms. The predicted octanol–water partition coefficient (Wildman–Crippen LogP) is 3.57. The first-order chi connectivity index (χ1) is 11.1. The number of anilines is 1. The maximum Gasteiger partial charge on any atom is 0.234 e. The van der Waals surface area contributed by atoms with E-state index in [0.717, 1.165) is 22.4 Å². The van der Waals surface area contributed by atoms with Crippen molar-refractivity contribution >= 4 is 29.1 Å². The molecule has 1 aliphatic heterocycles. The average Bonchev–Trinajstić information content (AvgIpc) is 2.56. The second kappa shape index (κ2) is 6.42. The van der Waals surface area contributed by atoms with Crippen molar-refractivity contribution in [3.05, 3.63) is 53.1 Å². The molecule has 23 heavy (non-hydrogen) atoms. The van der Waals surface area contributed by atoms with Gasteiger partial charge in [0.1, 0.15) is 0 Å². The second-order valence-electron chi connectivity index (χ2n) is 5.54. The molecule has 0 bridgehead atoms. The van der Waals surface area contributed by atoms with Crippen molar-refractivity contribution in [1.29, 1.82) is 0 Å². The van der Waals surface area contributed by atoms with Gasteiger partial charge in [-0.25, -0.2) is 0 Å². The standard InChI is InChI=1S/C18H17ClN2O2/c1-20-12-7-5-11(6-8-12)13-3-2-4-14(17(13)19)15-9-10-16(22)21-18(15)23/h2-8,15,20H,9-10H2,1H3,(H,21,22,23). The molecular weight excluding hydrogens is 312 g/mol. The number of benzene rings is 2. The molecule has 1 saturated heterocycles. The van der Waals surface area contributed by atoms with E-state index in [-0.39, 0.29) is 17.7 Å². The summed E-state index contributed by atoms with van der Waals surface area (Å²) in [6, 6.07) is 13.6. The van der Waals surface area contributed by atoms with Gasteiger partial charge in [0.25, 0.3) is 0 Å². The summed E-state index contributed by atoms with van der Waals surface area (Å²) in [7, 11) is 1.87. The zero-order chi connectivity index (χ0) is 16.4. The third kappa shape index (κ3) is 3.08. The summed E-state index contributed by atoms with van der Waals surface area (Å²) in [5.74, 6) is -0.872. The van der Waals surface area contributed by atoms with Crippen molar-refractivity contribution in [2.24, 2.45) is 0 Å². The number of piperidine rings is 1. The lowest BCUT2D eigenvalue weighted by Gasteiger charge is -2.23. The molecule has 2 amide bonds. The van der Waals surface area contributed by atoms with Gasteiger partial charge in [0, 0.05) is 24.7 Å². The lowest BCUT2D eigenvalue weighted by molar-refractivity contribution is -0.134. The van der Waals surface area contributed by atoms with Crippen LogP contribution in [0.1, 0.15) is 24.3 Å². The maximum atomic E-state index is 12.1. The van der Waals surface area contributed by atoms with Gasteiger partial charge in [-0.3, -0.25) is 14.9 Å². The lowest BCUT2D eigenvalue weighted by Crippen LogP contribution is -2.39. The molecule has 0 aliphatic carbocycles. The lowest BCUT2D eigenvalue weighted by atomic mass is 9.88. The van der Waals surface area contributed by atoms with Gasteiger partial charge in [-0.1, -0.05) is 41.9 Å². The monoisotopic (exact) mass is 328 g/mol. The highest BCUT2D eigenvalue weighted by Gasteiger charge is 2.30. The molecule has 1 unspecified atom stereocenters. The van der Waals surface area contributed by atoms with Gasteiger partial charge < -0.3 is 5.32 Å². The Balaban J connectivity index is 1.97. The Bertz CT molecular complexity index is 756. The van der Waals surface area contributed by atoms with E-state index in [9.17, 15) is 9.59 Å². The molecule has 118 valence electrons. The van der Waals surface area contributed by atoms with Crippen LogP contribution in [-0.4, -0.2) is 18.9 Å². The molecule has 1 aliphatic rings. The van der Waals surface area contributed by atoms with Gasteiger partial charge in [-0.2, -0.15) is 0 Å². The summed E-state index contributed by atoms with van der Waals surface area (Å²) >= 11 is 6.57. The Morgan fingerprint density at radius 2 is 1.87 bits per heavy atom. The molecule has 2 N–H and O–H groups in total. The predicted molar refractivity (Wildman–Crippen MR) is 91.6 cm³/mol. The fraction of sp³-hybridized carbons (Fsp3) is 0.222.